The second kappa shape index (κ2) is 8.19. The van der Waals surface area contributed by atoms with Crippen LogP contribution in [-0.2, 0) is 19.6 Å². The topological polar surface area (TPSA) is 105 Å². The first kappa shape index (κ1) is 22.6. The fourth-order valence-corrected chi connectivity index (χ4v) is 5.33. The lowest BCUT2D eigenvalue weighted by atomic mass is 9.94. The number of hydrogen-bond acceptors (Lipinski definition) is 5. The van der Waals surface area contributed by atoms with Gasteiger partial charge in [0.25, 0.3) is 5.91 Å². The molecule has 30 heavy (non-hydrogen) atoms. The van der Waals surface area contributed by atoms with Crippen LogP contribution in [0.4, 0.5) is 5.69 Å². The van der Waals surface area contributed by atoms with Gasteiger partial charge in [-0.2, -0.15) is 4.31 Å². The van der Waals surface area contributed by atoms with Crippen LogP contribution in [0.25, 0.3) is 0 Å². The first-order chi connectivity index (χ1) is 13.9. The summed E-state index contributed by atoms with van der Waals surface area (Å²) in [5, 5.41) is 5.79. The molecule has 0 radical (unpaired) electrons. The van der Waals surface area contributed by atoms with Gasteiger partial charge in [0, 0.05) is 30.6 Å². The van der Waals surface area contributed by atoms with Crippen molar-refractivity contribution in [1.29, 1.82) is 0 Å². The maximum Gasteiger partial charge on any atom is 0.265 e. The maximum atomic E-state index is 13.3. The minimum Gasteiger partial charge on any atom is -0.479 e. The molecular weight excluding hydrogens is 406 g/mol. The average molecular weight is 438 g/mol. The van der Waals surface area contributed by atoms with Gasteiger partial charge in [-0.1, -0.05) is 6.92 Å². The van der Waals surface area contributed by atoms with E-state index in [1.54, 1.807) is 19.9 Å². The summed E-state index contributed by atoms with van der Waals surface area (Å²) in [7, 11) is -3.74. The Labute approximate surface area is 178 Å². The summed E-state index contributed by atoms with van der Waals surface area (Å²) in [5.41, 5.74) is 0.743. The Balaban J connectivity index is 1.74. The lowest BCUT2D eigenvalue weighted by Gasteiger charge is -2.33. The lowest BCUT2D eigenvalue weighted by molar-refractivity contribution is -0.127. The molecule has 0 saturated carbocycles. The molecule has 0 spiro atoms. The van der Waals surface area contributed by atoms with Crippen LogP contribution in [0.3, 0.4) is 0 Å². The van der Waals surface area contributed by atoms with Gasteiger partial charge in [-0.05, 0) is 58.6 Å². The van der Waals surface area contributed by atoms with E-state index >= 15 is 0 Å². The summed E-state index contributed by atoms with van der Waals surface area (Å²) in [5.74, 6) is -0.111. The predicted molar refractivity (Wildman–Crippen MR) is 114 cm³/mol. The predicted octanol–water partition coefficient (Wildman–Crippen LogP) is 2.42. The van der Waals surface area contributed by atoms with Gasteiger partial charge in [0.05, 0.1) is 10.6 Å². The maximum absolute atomic E-state index is 13.3. The molecule has 0 bridgehead atoms. The Kier molecular flexibility index (Phi) is 6.15. The van der Waals surface area contributed by atoms with E-state index in [2.05, 4.69) is 10.6 Å². The number of benzene rings is 1. The molecule has 0 aliphatic carbocycles. The number of nitrogens with zero attached hydrogens (tertiary/aromatic N) is 1. The molecule has 2 aliphatic heterocycles. The van der Waals surface area contributed by atoms with Crippen molar-refractivity contribution in [3.8, 4) is 5.75 Å². The molecule has 1 saturated heterocycles. The van der Waals surface area contributed by atoms with Gasteiger partial charge in [0.2, 0.25) is 15.9 Å². The Morgan fingerprint density at radius 1 is 1.30 bits per heavy atom. The molecule has 2 N–H and O–H groups in total. The van der Waals surface area contributed by atoms with E-state index < -0.39 is 16.1 Å². The van der Waals surface area contributed by atoms with Crippen LogP contribution < -0.4 is 15.4 Å². The van der Waals surface area contributed by atoms with E-state index in [0.717, 1.165) is 6.42 Å². The van der Waals surface area contributed by atoms with Crippen molar-refractivity contribution in [2.24, 2.45) is 5.92 Å². The van der Waals surface area contributed by atoms with Crippen LogP contribution in [-0.4, -0.2) is 49.3 Å². The minimum absolute atomic E-state index is 0.0120. The van der Waals surface area contributed by atoms with Crippen LogP contribution in [0.2, 0.25) is 0 Å². The van der Waals surface area contributed by atoms with Crippen molar-refractivity contribution in [2.75, 3.05) is 18.4 Å². The minimum atomic E-state index is -3.74. The number of anilines is 1. The molecule has 2 amide bonds. The highest BCUT2D eigenvalue weighted by Crippen LogP contribution is 2.36. The van der Waals surface area contributed by atoms with E-state index in [9.17, 15) is 18.0 Å². The SMILES string of the molecule is CCC(C)(C)NC(=O)C1CCN(S(=O)(=O)c2cc3c(cc2C)NC(=O)[C@H](C)O3)CC1. The van der Waals surface area contributed by atoms with Gasteiger partial charge in [-0.25, -0.2) is 8.42 Å². The van der Waals surface area contributed by atoms with Crippen molar-refractivity contribution < 1.29 is 22.7 Å². The number of nitrogens with one attached hydrogen (secondary N) is 2. The molecule has 2 aliphatic rings. The smallest absolute Gasteiger partial charge is 0.265 e. The zero-order valence-corrected chi connectivity index (χ0v) is 19.1. The Bertz CT molecular complexity index is 950. The lowest BCUT2D eigenvalue weighted by Crippen LogP contribution is -2.49. The summed E-state index contributed by atoms with van der Waals surface area (Å²) in [6.07, 6.45) is 1.11. The number of carbonyl (C=O) groups is 2. The van der Waals surface area contributed by atoms with Gasteiger partial charge >= 0.3 is 0 Å². The quantitative estimate of drug-likeness (QED) is 0.736. The van der Waals surface area contributed by atoms with E-state index in [1.807, 2.05) is 20.8 Å². The first-order valence-electron chi connectivity index (χ1n) is 10.4. The van der Waals surface area contributed by atoms with Crippen LogP contribution in [0.1, 0.15) is 52.5 Å². The Morgan fingerprint density at radius 2 is 1.93 bits per heavy atom. The highest BCUT2D eigenvalue weighted by Gasteiger charge is 2.35. The highest BCUT2D eigenvalue weighted by molar-refractivity contribution is 7.89. The van der Waals surface area contributed by atoms with Gasteiger partial charge in [-0.3, -0.25) is 9.59 Å². The molecule has 3 rings (SSSR count). The van der Waals surface area contributed by atoms with E-state index in [1.165, 1.54) is 10.4 Å². The number of amides is 2. The summed E-state index contributed by atoms with van der Waals surface area (Å²) in [4.78, 5) is 24.5. The number of piperidine rings is 1. The summed E-state index contributed by atoms with van der Waals surface area (Å²) >= 11 is 0. The van der Waals surface area contributed by atoms with Gasteiger partial charge in [0.15, 0.2) is 6.10 Å². The number of aryl methyl sites for hydroxylation is 1. The monoisotopic (exact) mass is 437 g/mol. The number of ether oxygens (including phenoxy) is 1. The number of hydrogen-bond donors (Lipinski definition) is 2. The zero-order valence-electron chi connectivity index (χ0n) is 18.2. The third-order valence-corrected chi connectivity index (χ3v) is 8.04. The van der Waals surface area contributed by atoms with Crippen LogP contribution >= 0.6 is 0 Å². The molecule has 166 valence electrons. The van der Waals surface area contributed by atoms with Gasteiger partial charge in [0.1, 0.15) is 5.75 Å². The first-order valence-corrected chi connectivity index (χ1v) is 11.8. The molecule has 2 heterocycles. The molecule has 8 nitrogen and oxygen atoms in total. The fraction of sp³-hybridized carbons (Fsp3) is 0.619. The highest BCUT2D eigenvalue weighted by atomic mass is 32.2. The van der Waals surface area contributed by atoms with Crippen LogP contribution in [0, 0.1) is 12.8 Å². The van der Waals surface area contributed by atoms with Crippen molar-refractivity contribution in [2.45, 2.75) is 70.4 Å². The van der Waals surface area contributed by atoms with Crippen molar-refractivity contribution in [3.05, 3.63) is 17.7 Å². The molecular formula is C21H31N3O5S. The second-order valence-electron chi connectivity index (χ2n) is 8.77. The Hall–Kier alpha value is -2.13. The van der Waals surface area contributed by atoms with E-state index in [0.29, 0.717) is 29.8 Å². The third kappa shape index (κ3) is 4.46. The molecule has 9 heteroatoms. The van der Waals surface area contributed by atoms with Gasteiger partial charge in [-0.15, -0.1) is 0 Å². The van der Waals surface area contributed by atoms with Crippen LogP contribution in [0.5, 0.6) is 5.75 Å². The normalized spacial score (nSPS) is 20.8. The molecule has 1 fully saturated rings. The van der Waals surface area contributed by atoms with Gasteiger partial charge < -0.3 is 15.4 Å². The number of rotatable bonds is 5. The number of fused-ring (bicyclic) bond motifs is 1. The van der Waals surface area contributed by atoms with E-state index in [-0.39, 0.29) is 41.3 Å². The van der Waals surface area contributed by atoms with Crippen molar-refractivity contribution >= 4 is 27.5 Å². The standard InChI is InChI=1S/C21H31N3O5S/c1-6-21(4,5)23-20(26)15-7-9-24(10-8-15)30(27,28)18-12-17-16(11-13(18)2)22-19(25)14(3)29-17/h11-12,14-15H,6-10H2,1-5H3,(H,22,25)(H,23,26)/t14-/m0/s1. The zero-order chi connectivity index (χ0) is 22.3. The molecule has 1 aromatic carbocycles. The Morgan fingerprint density at radius 3 is 2.53 bits per heavy atom. The number of carbonyl (C=O) groups excluding carboxylic acids is 2. The van der Waals surface area contributed by atoms with Crippen LogP contribution in [0.15, 0.2) is 17.0 Å². The van der Waals surface area contributed by atoms with Crippen molar-refractivity contribution in [3.63, 3.8) is 0 Å². The molecule has 1 aromatic rings. The second-order valence-corrected chi connectivity index (χ2v) is 10.7. The molecule has 0 aromatic heterocycles. The summed E-state index contributed by atoms with van der Waals surface area (Å²) in [6, 6.07) is 3.11. The summed E-state index contributed by atoms with van der Waals surface area (Å²) in [6.45, 7) is 9.87. The largest absolute Gasteiger partial charge is 0.479 e. The summed E-state index contributed by atoms with van der Waals surface area (Å²) < 4.78 is 33.6. The van der Waals surface area contributed by atoms with E-state index in [4.69, 9.17) is 4.74 Å². The number of sulfonamides is 1. The average Bonchev–Trinajstić information content (AvgIpc) is 2.68. The third-order valence-electron chi connectivity index (χ3n) is 6.00. The molecule has 0 unspecified atom stereocenters. The fourth-order valence-electron chi connectivity index (χ4n) is 3.64. The molecule has 1 atom stereocenters. The van der Waals surface area contributed by atoms with Crippen molar-refractivity contribution in [1.82, 2.24) is 9.62 Å².